The van der Waals surface area contributed by atoms with Crippen LogP contribution in [0.2, 0.25) is 0 Å². The summed E-state index contributed by atoms with van der Waals surface area (Å²) in [5.74, 6) is 6.54. The smallest absolute Gasteiger partial charge is 0.123 e. The molecule has 4 nitrogen and oxygen atoms in total. The van der Waals surface area contributed by atoms with E-state index in [4.69, 9.17) is 5.73 Å². The van der Waals surface area contributed by atoms with E-state index in [0.29, 0.717) is 5.82 Å². The molecule has 0 aromatic carbocycles. The zero-order valence-electron chi connectivity index (χ0n) is 10.0. The van der Waals surface area contributed by atoms with E-state index in [9.17, 15) is 0 Å². The van der Waals surface area contributed by atoms with Gasteiger partial charge in [-0.1, -0.05) is 11.8 Å². The van der Waals surface area contributed by atoms with Crippen LogP contribution in [0.4, 0.5) is 5.82 Å². The van der Waals surface area contributed by atoms with Crippen LogP contribution >= 0.6 is 0 Å². The van der Waals surface area contributed by atoms with Crippen molar-refractivity contribution in [2.75, 3.05) is 5.73 Å². The molecule has 0 aliphatic heterocycles. The van der Waals surface area contributed by atoms with Crippen LogP contribution in [-0.2, 0) is 0 Å². The van der Waals surface area contributed by atoms with Crippen LogP contribution in [0.3, 0.4) is 0 Å². The Balaban J connectivity index is 1.95. The number of hydrogen-bond acceptors (Lipinski definition) is 4. The van der Waals surface area contributed by atoms with Gasteiger partial charge in [0.2, 0.25) is 0 Å². The van der Waals surface area contributed by atoms with E-state index in [0.717, 1.165) is 22.2 Å². The molecular formula is C15H10N4. The number of fused-ring (bicyclic) bond motifs is 1. The molecule has 3 rings (SSSR count). The van der Waals surface area contributed by atoms with E-state index >= 15 is 0 Å². The first kappa shape index (κ1) is 11.2. The Morgan fingerprint density at radius 3 is 2.53 bits per heavy atom. The topological polar surface area (TPSA) is 64.7 Å². The summed E-state index contributed by atoms with van der Waals surface area (Å²) >= 11 is 0. The van der Waals surface area contributed by atoms with Gasteiger partial charge in [-0.15, -0.1) is 0 Å². The third-order valence-corrected chi connectivity index (χ3v) is 2.59. The molecule has 0 atom stereocenters. The summed E-state index contributed by atoms with van der Waals surface area (Å²) in [6.07, 6.45) is 5.13. The number of aromatic nitrogens is 3. The number of anilines is 1. The molecule has 0 aliphatic carbocycles. The van der Waals surface area contributed by atoms with Crippen LogP contribution in [0.15, 0.2) is 48.9 Å². The van der Waals surface area contributed by atoms with Crippen LogP contribution in [0.1, 0.15) is 11.1 Å². The van der Waals surface area contributed by atoms with Gasteiger partial charge in [0, 0.05) is 29.7 Å². The lowest BCUT2D eigenvalue weighted by Gasteiger charge is -1.95. The molecule has 0 spiro atoms. The number of pyridine rings is 3. The van der Waals surface area contributed by atoms with E-state index < -0.39 is 0 Å². The minimum Gasteiger partial charge on any atom is -0.384 e. The molecule has 0 saturated heterocycles. The maximum Gasteiger partial charge on any atom is 0.123 e. The lowest BCUT2D eigenvalue weighted by atomic mass is 10.2. The summed E-state index contributed by atoms with van der Waals surface area (Å²) < 4.78 is 0. The summed E-state index contributed by atoms with van der Waals surface area (Å²) in [6, 6.07) is 9.26. The maximum absolute atomic E-state index is 5.52. The van der Waals surface area contributed by atoms with Gasteiger partial charge >= 0.3 is 0 Å². The number of rotatable bonds is 0. The molecule has 0 saturated carbocycles. The number of hydrogen-bond donors (Lipinski definition) is 1. The van der Waals surface area contributed by atoms with Crippen LogP contribution in [0.25, 0.3) is 11.0 Å². The monoisotopic (exact) mass is 246 g/mol. The van der Waals surface area contributed by atoms with Crippen molar-refractivity contribution < 1.29 is 0 Å². The molecule has 0 bridgehead atoms. The van der Waals surface area contributed by atoms with Gasteiger partial charge in [-0.3, -0.25) is 9.97 Å². The molecule has 2 N–H and O–H groups in total. The maximum atomic E-state index is 5.52. The van der Waals surface area contributed by atoms with Crippen LogP contribution in [-0.4, -0.2) is 15.0 Å². The Kier molecular flexibility index (Phi) is 2.79. The van der Waals surface area contributed by atoms with E-state index in [1.165, 1.54) is 0 Å². The fraction of sp³-hybridized carbons (Fsp3) is 0. The molecule has 19 heavy (non-hydrogen) atoms. The highest BCUT2D eigenvalue weighted by molar-refractivity contribution is 5.75. The molecule has 4 heteroatoms. The largest absolute Gasteiger partial charge is 0.384 e. The predicted molar refractivity (Wildman–Crippen MR) is 74.2 cm³/mol. The van der Waals surface area contributed by atoms with Gasteiger partial charge in [0.25, 0.3) is 0 Å². The van der Waals surface area contributed by atoms with Crippen molar-refractivity contribution in [2.45, 2.75) is 0 Å². The van der Waals surface area contributed by atoms with Gasteiger partial charge in [-0.25, -0.2) is 4.98 Å². The molecule has 90 valence electrons. The quantitative estimate of drug-likeness (QED) is 0.616. The molecule has 3 aromatic rings. The Hall–Kier alpha value is -2.93. The average molecular weight is 246 g/mol. The highest BCUT2D eigenvalue weighted by Crippen LogP contribution is 2.09. The molecule has 0 aliphatic rings. The van der Waals surface area contributed by atoms with E-state index in [1.54, 1.807) is 24.7 Å². The molecule has 0 radical (unpaired) electrons. The highest BCUT2D eigenvalue weighted by Gasteiger charge is 1.95. The van der Waals surface area contributed by atoms with Gasteiger partial charge in [0.1, 0.15) is 5.82 Å². The first-order valence-corrected chi connectivity index (χ1v) is 5.75. The fourth-order valence-electron chi connectivity index (χ4n) is 1.64. The van der Waals surface area contributed by atoms with Gasteiger partial charge in [0.05, 0.1) is 11.0 Å². The van der Waals surface area contributed by atoms with Crippen molar-refractivity contribution in [3.63, 3.8) is 0 Å². The fourth-order valence-corrected chi connectivity index (χ4v) is 1.64. The van der Waals surface area contributed by atoms with Crippen LogP contribution in [0, 0.1) is 11.8 Å². The molecular weight excluding hydrogens is 236 g/mol. The van der Waals surface area contributed by atoms with E-state index in [2.05, 4.69) is 26.8 Å². The molecule has 3 aromatic heterocycles. The lowest BCUT2D eigenvalue weighted by Crippen LogP contribution is -1.88. The normalized spacial score (nSPS) is 9.89. The van der Waals surface area contributed by atoms with Gasteiger partial charge in [-0.2, -0.15) is 0 Å². The average Bonchev–Trinajstić information content (AvgIpc) is 2.46. The summed E-state index contributed by atoms with van der Waals surface area (Å²) in [5.41, 5.74) is 8.86. The Morgan fingerprint density at radius 2 is 1.68 bits per heavy atom. The molecule has 0 unspecified atom stereocenters. The molecule has 0 fully saturated rings. The van der Waals surface area contributed by atoms with Crippen molar-refractivity contribution in [3.8, 4) is 11.8 Å². The molecule has 0 amide bonds. The second-order valence-electron chi connectivity index (χ2n) is 3.99. The zero-order chi connectivity index (χ0) is 13.1. The van der Waals surface area contributed by atoms with E-state index in [-0.39, 0.29) is 0 Å². The Bertz CT molecular complexity index is 782. The van der Waals surface area contributed by atoms with Crippen molar-refractivity contribution >= 4 is 16.9 Å². The SMILES string of the molecule is Nc1ccc(C#Cc2cnc3cccnc3c2)cn1. The highest BCUT2D eigenvalue weighted by atomic mass is 14.8. The summed E-state index contributed by atoms with van der Waals surface area (Å²) in [5, 5.41) is 0. The number of nitrogens with two attached hydrogens (primary N) is 1. The van der Waals surface area contributed by atoms with Crippen molar-refractivity contribution in [1.29, 1.82) is 0 Å². The first-order chi connectivity index (χ1) is 9.31. The Morgan fingerprint density at radius 1 is 0.842 bits per heavy atom. The Labute approximate surface area is 110 Å². The number of nitrogens with zero attached hydrogens (tertiary/aromatic N) is 3. The minimum atomic E-state index is 0.488. The van der Waals surface area contributed by atoms with Gasteiger partial charge in [-0.05, 0) is 30.3 Å². The zero-order valence-corrected chi connectivity index (χ0v) is 10.0. The van der Waals surface area contributed by atoms with E-state index in [1.807, 2.05) is 24.3 Å². The van der Waals surface area contributed by atoms with Crippen molar-refractivity contribution in [3.05, 3.63) is 60.0 Å². The number of nitrogen functional groups attached to an aromatic ring is 1. The predicted octanol–water partition coefficient (Wildman–Crippen LogP) is 2.01. The summed E-state index contributed by atoms with van der Waals surface area (Å²) in [7, 11) is 0. The van der Waals surface area contributed by atoms with Crippen LogP contribution in [0.5, 0.6) is 0 Å². The second kappa shape index (κ2) is 4.75. The van der Waals surface area contributed by atoms with Crippen molar-refractivity contribution in [2.24, 2.45) is 0 Å². The van der Waals surface area contributed by atoms with Gasteiger partial charge < -0.3 is 5.73 Å². The summed E-state index contributed by atoms with van der Waals surface area (Å²) in [4.78, 5) is 12.5. The first-order valence-electron chi connectivity index (χ1n) is 5.75. The lowest BCUT2D eigenvalue weighted by molar-refractivity contribution is 1.32. The second-order valence-corrected chi connectivity index (χ2v) is 3.99. The standard InChI is InChI=1S/C15H10N4/c16-15-6-5-11(9-19-15)3-4-12-8-14-13(18-10-12)2-1-7-17-14/h1-2,5-10H,(H2,16,19). The van der Waals surface area contributed by atoms with Crippen molar-refractivity contribution in [1.82, 2.24) is 15.0 Å². The molecule has 3 heterocycles. The minimum absolute atomic E-state index is 0.488. The van der Waals surface area contributed by atoms with Crippen LogP contribution < -0.4 is 5.73 Å². The summed E-state index contributed by atoms with van der Waals surface area (Å²) in [6.45, 7) is 0. The van der Waals surface area contributed by atoms with Gasteiger partial charge in [0.15, 0.2) is 0 Å². The third kappa shape index (κ3) is 2.50. The third-order valence-electron chi connectivity index (χ3n) is 2.59.